The van der Waals surface area contributed by atoms with Gasteiger partial charge in [0.1, 0.15) is 0 Å². The van der Waals surface area contributed by atoms with Gasteiger partial charge in [-0.05, 0) is 25.2 Å². The summed E-state index contributed by atoms with van der Waals surface area (Å²) in [5, 5.41) is 9.74. The van der Waals surface area contributed by atoms with Crippen LogP contribution in [0.3, 0.4) is 0 Å². The highest BCUT2D eigenvalue weighted by Crippen LogP contribution is 2.17. The van der Waals surface area contributed by atoms with Gasteiger partial charge in [0, 0.05) is 11.9 Å². The quantitative estimate of drug-likeness (QED) is 0.507. The topological polar surface area (TPSA) is 20.2 Å². The molecule has 1 nitrogen and oxygen atoms in total. The average molecular weight is 237 g/mol. The first-order valence-corrected chi connectivity index (χ1v) is 6.14. The predicted octanol–water partition coefficient (Wildman–Crippen LogP) is 3.35. The lowest BCUT2D eigenvalue weighted by atomic mass is 9.98. The molecule has 0 aliphatic carbocycles. The van der Waals surface area contributed by atoms with E-state index in [4.69, 9.17) is 5.11 Å². The molecule has 0 aliphatic heterocycles. The molecule has 12 heavy (non-hydrogen) atoms. The Bertz CT molecular complexity index is 85.9. The number of rotatable bonds is 8. The number of halogens is 1. The third-order valence-electron chi connectivity index (χ3n) is 2.20. The second-order valence-electron chi connectivity index (χ2n) is 3.38. The molecule has 0 spiro atoms. The SMILES string of the molecule is CCCCC(CBr)CCCCO. The smallest absolute Gasteiger partial charge is 0.0431 e. The number of aliphatic hydroxyl groups is 1. The predicted molar refractivity (Wildman–Crippen MR) is 57.7 cm³/mol. The average Bonchev–Trinajstić information content (AvgIpc) is 2.11. The highest BCUT2D eigenvalue weighted by Gasteiger charge is 2.05. The summed E-state index contributed by atoms with van der Waals surface area (Å²) in [4.78, 5) is 0. The highest BCUT2D eigenvalue weighted by atomic mass is 79.9. The van der Waals surface area contributed by atoms with Crippen LogP contribution in [-0.4, -0.2) is 17.0 Å². The van der Waals surface area contributed by atoms with Crippen molar-refractivity contribution in [2.45, 2.75) is 45.4 Å². The van der Waals surface area contributed by atoms with Crippen LogP contribution < -0.4 is 0 Å². The summed E-state index contributed by atoms with van der Waals surface area (Å²) in [6.45, 7) is 2.59. The van der Waals surface area contributed by atoms with E-state index >= 15 is 0 Å². The maximum atomic E-state index is 8.62. The van der Waals surface area contributed by atoms with Gasteiger partial charge in [-0.1, -0.05) is 42.1 Å². The lowest BCUT2D eigenvalue weighted by Gasteiger charge is -2.12. The normalized spacial score (nSPS) is 13.2. The van der Waals surface area contributed by atoms with Crippen molar-refractivity contribution in [1.29, 1.82) is 0 Å². The molecule has 0 amide bonds. The zero-order chi connectivity index (χ0) is 9.23. The Morgan fingerprint density at radius 2 is 1.83 bits per heavy atom. The van der Waals surface area contributed by atoms with E-state index in [0.717, 1.165) is 17.7 Å². The second kappa shape index (κ2) is 9.53. The number of aliphatic hydroxyl groups excluding tert-OH is 1. The van der Waals surface area contributed by atoms with E-state index in [1.807, 2.05) is 0 Å². The maximum absolute atomic E-state index is 8.62. The summed E-state index contributed by atoms with van der Waals surface area (Å²) in [5.74, 6) is 0.830. The fraction of sp³-hybridized carbons (Fsp3) is 1.00. The summed E-state index contributed by atoms with van der Waals surface area (Å²) in [6.07, 6.45) is 7.39. The number of hydrogen-bond acceptors (Lipinski definition) is 1. The lowest BCUT2D eigenvalue weighted by molar-refractivity contribution is 0.278. The van der Waals surface area contributed by atoms with Gasteiger partial charge in [-0.15, -0.1) is 0 Å². The molecule has 1 unspecified atom stereocenters. The van der Waals surface area contributed by atoms with Gasteiger partial charge in [0.05, 0.1) is 0 Å². The number of alkyl halides is 1. The van der Waals surface area contributed by atoms with Crippen LogP contribution >= 0.6 is 15.9 Å². The Labute approximate surface area is 84.7 Å². The molecule has 0 rings (SSSR count). The van der Waals surface area contributed by atoms with Crippen molar-refractivity contribution in [2.75, 3.05) is 11.9 Å². The maximum Gasteiger partial charge on any atom is 0.0431 e. The van der Waals surface area contributed by atoms with Crippen molar-refractivity contribution in [3.05, 3.63) is 0 Å². The van der Waals surface area contributed by atoms with Gasteiger partial charge in [0.15, 0.2) is 0 Å². The zero-order valence-corrected chi connectivity index (χ0v) is 9.65. The van der Waals surface area contributed by atoms with E-state index in [0.29, 0.717) is 6.61 Å². The fourth-order valence-corrected chi connectivity index (χ4v) is 1.98. The fourth-order valence-electron chi connectivity index (χ4n) is 1.34. The van der Waals surface area contributed by atoms with Gasteiger partial charge in [-0.2, -0.15) is 0 Å². The summed E-state index contributed by atoms with van der Waals surface area (Å²) in [7, 11) is 0. The second-order valence-corrected chi connectivity index (χ2v) is 4.03. The number of unbranched alkanes of at least 4 members (excludes halogenated alkanes) is 2. The Morgan fingerprint density at radius 1 is 1.17 bits per heavy atom. The molecule has 0 radical (unpaired) electrons. The van der Waals surface area contributed by atoms with Crippen LogP contribution in [0, 0.1) is 5.92 Å². The van der Waals surface area contributed by atoms with Crippen LogP contribution in [0.1, 0.15) is 45.4 Å². The summed E-state index contributed by atoms with van der Waals surface area (Å²) < 4.78 is 0. The van der Waals surface area contributed by atoms with Crippen LogP contribution in [0.25, 0.3) is 0 Å². The van der Waals surface area contributed by atoms with E-state index in [1.165, 1.54) is 32.1 Å². The van der Waals surface area contributed by atoms with Crippen LogP contribution in [0.15, 0.2) is 0 Å². The molecule has 0 heterocycles. The molecule has 0 aromatic heterocycles. The Morgan fingerprint density at radius 3 is 2.33 bits per heavy atom. The Hall–Kier alpha value is 0.440. The van der Waals surface area contributed by atoms with Crippen LogP contribution in [-0.2, 0) is 0 Å². The molecule has 1 N–H and O–H groups in total. The Balaban J connectivity index is 3.26. The first kappa shape index (κ1) is 12.4. The van der Waals surface area contributed by atoms with Crippen molar-refractivity contribution < 1.29 is 5.11 Å². The standard InChI is InChI=1S/C10H21BrO/c1-2-3-6-10(9-11)7-4-5-8-12/h10,12H,2-9H2,1H3. The van der Waals surface area contributed by atoms with Gasteiger partial charge in [0.2, 0.25) is 0 Å². The van der Waals surface area contributed by atoms with E-state index in [9.17, 15) is 0 Å². The molecule has 0 fully saturated rings. The van der Waals surface area contributed by atoms with Crippen molar-refractivity contribution in [2.24, 2.45) is 5.92 Å². The minimum atomic E-state index is 0.350. The van der Waals surface area contributed by atoms with E-state index in [-0.39, 0.29) is 0 Å². The number of hydrogen-bond donors (Lipinski definition) is 1. The van der Waals surface area contributed by atoms with E-state index in [2.05, 4.69) is 22.9 Å². The van der Waals surface area contributed by atoms with Crippen molar-refractivity contribution in [3.8, 4) is 0 Å². The molecule has 0 saturated carbocycles. The summed E-state index contributed by atoms with van der Waals surface area (Å²) in [5.41, 5.74) is 0. The molecule has 0 saturated heterocycles. The van der Waals surface area contributed by atoms with E-state index in [1.54, 1.807) is 0 Å². The van der Waals surface area contributed by atoms with Gasteiger partial charge >= 0.3 is 0 Å². The zero-order valence-electron chi connectivity index (χ0n) is 8.06. The van der Waals surface area contributed by atoms with Gasteiger partial charge < -0.3 is 5.11 Å². The molecule has 0 aromatic carbocycles. The van der Waals surface area contributed by atoms with Gasteiger partial charge in [0.25, 0.3) is 0 Å². The van der Waals surface area contributed by atoms with Crippen molar-refractivity contribution >= 4 is 15.9 Å². The molecule has 1 atom stereocenters. The largest absolute Gasteiger partial charge is 0.396 e. The molecule has 74 valence electrons. The summed E-state index contributed by atoms with van der Waals surface area (Å²) >= 11 is 3.54. The molecular weight excluding hydrogens is 216 g/mol. The van der Waals surface area contributed by atoms with Crippen molar-refractivity contribution in [3.63, 3.8) is 0 Å². The minimum Gasteiger partial charge on any atom is -0.396 e. The molecule has 0 bridgehead atoms. The Kier molecular flexibility index (Phi) is 9.88. The van der Waals surface area contributed by atoms with E-state index < -0.39 is 0 Å². The monoisotopic (exact) mass is 236 g/mol. The molecule has 0 aliphatic rings. The van der Waals surface area contributed by atoms with Crippen LogP contribution in [0.4, 0.5) is 0 Å². The third kappa shape index (κ3) is 7.11. The minimum absolute atomic E-state index is 0.350. The van der Waals surface area contributed by atoms with Crippen LogP contribution in [0.5, 0.6) is 0 Å². The van der Waals surface area contributed by atoms with Gasteiger partial charge in [-0.25, -0.2) is 0 Å². The highest BCUT2D eigenvalue weighted by molar-refractivity contribution is 9.09. The lowest BCUT2D eigenvalue weighted by Crippen LogP contribution is -2.02. The van der Waals surface area contributed by atoms with Gasteiger partial charge in [-0.3, -0.25) is 0 Å². The summed E-state index contributed by atoms with van der Waals surface area (Å²) in [6, 6.07) is 0. The molecule has 2 heteroatoms. The first-order valence-electron chi connectivity index (χ1n) is 5.02. The third-order valence-corrected chi connectivity index (χ3v) is 3.12. The van der Waals surface area contributed by atoms with Crippen LogP contribution in [0.2, 0.25) is 0 Å². The molecular formula is C10H21BrO. The first-order chi connectivity index (χ1) is 5.85. The van der Waals surface area contributed by atoms with Crippen molar-refractivity contribution in [1.82, 2.24) is 0 Å². The molecule has 0 aromatic rings.